The van der Waals surface area contributed by atoms with Gasteiger partial charge in [-0.15, -0.1) is 11.3 Å². The lowest BCUT2D eigenvalue weighted by molar-refractivity contribution is 0.182. The van der Waals surface area contributed by atoms with Crippen molar-refractivity contribution in [1.82, 2.24) is 14.9 Å². The van der Waals surface area contributed by atoms with Gasteiger partial charge in [0, 0.05) is 36.9 Å². The largest absolute Gasteiger partial charge is 0.369 e. The van der Waals surface area contributed by atoms with E-state index in [9.17, 15) is 0 Å². The van der Waals surface area contributed by atoms with Gasteiger partial charge in [0.2, 0.25) is 0 Å². The summed E-state index contributed by atoms with van der Waals surface area (Å²) in [5, 5.41) is 5.49. The van der Waals surface area contributed by atoms with E-state index in [1.54, 1.807) is 11.3 Å². The summed E-state index contributed by atoms with van der Waals surface area (Å²) in [5.41, 5.74) is 0.991. The molecule has 2 aromatic heterocycles. The van der Waals surface area contributed by atoms with Gasteiger partial charge in [0.25, 0.3) is 0 Å². The third-order valence-corrected chi connectivity index (χ3v) is 4.46. The monoisotopic (exact) mass is 318 g/mol. The fourth-order valence-corrected chi connectivity index (χ4v) is 3.26. The average molecular weight is 318 g/mol. The lowest BCUT2D eigenvalue weighted by Crippen LogP contribution is -2.40. The van der Waals surface area contributed by atoms with Crippen LogP contribution < -0.4 is 5.32 Å². The Morgan fingerprint density at radius 3 is 2.50 bits per heavy atom. The Balaban J connectivity index is 2.01. The first-order chi connectivity index (χ1) is 10.5. The number of hydrogen-bond donors (Lipinski definition) is 1. The second kappa shape index (κ2) is 7.70. The number of rotatable bonds is 7. The highest BCUT2D eigenvalue weighted by molar-refractivity contribution is 7.13. The van der Waals surface area contributed by atoms with Gasteiger partial charge in [0.15, 0.2) is 5.82 Å². The Labute approximate surface area is 137 Å². The molecule has 2 heterocycles. The molecule has 0 aliphatic rings. The van der Waals surface area contributed by atoms with Crippen LogP contribution in [0, 0.1) is 6.92 Å². The zero-order chi connectivity index (χ0) is 16.1. The molecule has 0 atom stereocenters. The number of aryl methyl sites for hydroxylation is 1. The summed E-state index contributed by atoms with van der Waals surface area (Å²) in [4.78, 5) is 12.7. The SMILES string of the molecule is Cc1cc(NCCN(C(C)C)C(C)C)nc(-c2cccs2)n1. The zero-order valence-electron chi connectivity index (χ0n) is 14.1. The fourth-order valence-electron chi connectivity index (χ4n) is 2.60. The highest BCUT2D eigenvalue weighted by Gasteiger charge is 2.12. The van der Waals surface area contributed by atoms with Crippen LogP contribution in [0.1, 0.15) is 33.4 Å². The number of anilines is 1. The van der Waals surface area contributed by atoms with Crippen molar-refractivity contribution in [2.45, 2.75) is 46.7 Å². The molecule has 2 aromatic rings. The van der Waals surface area contributed by atoms with Crippen molar-refractivity contribution in [2.75, 3.05) is 18.4 Å². The van der Waals surface area contributed by atoms with Crippen LogP contribution in [0.2, 0.25) is 0 Å². The summed E-state index contributed by atoms with van der Waals surface area (Å²) in [6.07, 6.45) is 0. The predicted molar refractivity (Wildman–Crippen MR) is 95.5 cm³/mol. The summed E-state index contributed by atoms with van der Waals surface area (Å²) in [6.45, 7) is 12.9. The molecule has 0 aliphatic carbocycles. The van der Waals surface area contributed by atoms with E-state index in [1.807, 2.05) is 19.1 Å². The van der Waals surface area contributed by atoms with E-state index in [0.717, 1.165) is 35.3 Å². The molecule has 2 rings (SSSR count). The minimum atomic E-state index is 0.551. The highest BCUT2D eigenvalue weighted by Crippen LogP contribution is 2.22. The first kappa shape index (κ1) is 16.9. The molecule has 0 saturated heterocycles. The Hall–Kier alpha value is -1.46. The van der Waals surface area contributed by atoms with Crippen molar-refractivity contribution < 1.29 is 0 Å². The Kier molecular flexibility index (Phi) is 5.91. The second-order valence-electron chi connectivity index (χ2n) is 6.05. The molecule has 0 amide bonds. The molecule has 0 aromatic carbocycles. The molecule has 5 heteroatoms. The molecule has 4 nitrogen and oxygen atoms in total. The van der Waals surface area contributed by atoms with E-state index in [0.29, 0.717) is 12.1 Å². The van der Waals surface area contributed by atoms with Gasteiger partial charge in [-0.05, 0) is 46.1 Å². The Morgan fingerprint density at radius 2 is 1.91 bits per heavy atom. The normalized spacial score (nSPS) is 11.6. The summed E-state index contributed by atoms with van der Waals surface area (Å²) in [7, 11) is 0. The maximum atomic E-state index is 4.63. The van der Waals surface area contributed by atoms with Crippen LogP contribution in [0.3, 0.4) is 0 Å². The van der Waals surface area contributed by atoms with Gasteiger partial charge in [-0.3, -0.25) is 4.90 Å². The van der Waals surface area contributed by atoms with Gasteiger partial charge in [-0.1, -0.05) is 6.07 Å². The van der Waals surface area contributed by atoms with Gasteiger partial charge in [-0.2, -0.15) is 0 Å². The molecule has 120 valence electrons. The van der Waals surface area contributed by atoms with Gasteiger partial charge in [0.1, 0.15) is 5.82 Å². The van der Waals surface area contributed by atoms with E-state index in [2.05, 4.69) is 59.3 Å². The molecular weight excluding hydrogens is 292 g/mol. The summed E-state index contributed by atoms with van der Waals surface area (Å²) in [6, 6.07) is 7.20. The summed E-state index contributed by atoms with van der Waals surface area (Å²) in [5.74, 6) is 1.71. The number of nitrogens with one attached hydrogen (secondary N) is 1. The molecule has 0 bridgehead atoms. The van der Waals surface area contributed by atoms with E-state index >= 15 is 0 Å². The van der Waals surface area contributed by atoms with Gasteiger partial charge in [0.05, 0.1) is 4.88 Å². The average Bonchev–Trinajstić information content (AvgIpc) is 2.96. The van der Waals surface area contributed by atoms with Gasteiger partial charge < -0.3 is 5.32 Å². The first-order valence-corrected chi connectivity index (χ1v) is 8.74. The maximum Gasteiger partial charge on any atom is 0.171 e. The third kappa shape index (κ3) is 4.52. The van der Waals surface area contributed by atoms with Crippen molar-refractivity contribution in [1.29, 1.82) is 0 Å². The molecule has 22 heavy (non-hydrogen) atoms. The number of thiophene rings is 1. The minimum absolute atomic E-state index is 0.551. The van der Waals surface area contributed by atoms with E-state index < -0.39 is 0 Å². The van der Waals surface area contributed by atoms with Crippen LogP contribution in [-0.4, -0.2) is 40.0 Å². The molecule has 0 aliphatic heterocycles. The number of aromatic nitrogens is 2. The standard InChI is InChI=1S/C17H26N4S/c1-12(2)21(13(3)4)9-8-18-16-11-14(5)19-17(20-16)15-7-6-10-22-15/h6-7,10-13H,8-9H2,1-5H3,(H,18,19,20). The molecule has 0 radical (unpaired) electrons. The van der Waals surface area contributed by atoms with Gasteiger partial charge >= 0.3 is 0 Å². The van der Waals surface area contributed by atoms with Crippen molar-refractivity contribution in [3.8, 4) is 10.7 Å². The van der Waals surface area contributed by atoms with Crippen LogP contribution >= 0.6 is 11.3 Å². The third-order valence-electron chi connectivity index (χ3n) is 3.60. The Morgan fingerprint density at radius 1 is 1.18 bits per heavy atom. The number of hydrogen-bond acceptors (Lipinski definition) is 5. The van der Waals surface area contributed by atoms with E-state index in [-0.39, 0.29) is 0 Å². The van der Waals surface area contributed by atoms with Crippen LogP contribution in [0.25, 0.3) is 10.7 Å². The maximum absolute atomic E-state index is 4.63. The first-order valence-electron chi connectivity index (χ1n) is 7.86. The molecule has 0 fully saturated rings. The quantitative estimate of drug-likeness (QED) is 0.836. The molecule has 0 unspecified atom stereocenters. The topological polar surface area (TPSA) is 41.0 Å². The fraction of sp³-hybridized carbons (Fsp3) is 0.529. The minimum Gasteiger partial charge on any atom is -0.369 e. The van der Waals surface area contributed by atoms with Crippen molar-refractivity contribution in [3.63, 3.8) is 0 Å². The van der Waals surface area contributed by atoms with Crippen molar-refractivity contribution in [2.24, 2.45) is 0 Å². The van der Waals surface area contributed by atoms with Crippen molar-refractivity contribution >= 4 is 17.2 Å². The lowest BCUT2D eigenvalue weighted by Gasteiger charge is -2.30. The lowest BCUT2D eigenvalue weighted by atomic mass is 10.2. The second-order valence-corrected chi connectivity index (χ2v) is 7.00. The van der Waals surface area contributed by atoms with Gasteiger partial charge in [-0.25, -0.2) is 9.97 Å². The van der Waals surface area contributed by atoms with E-state index in [4.69, 9.17) is 0 Å². The van der Waals surface area contributed by atoms with Crippen LogP contribution in [0.15, 0.2) is 23.6 Å². The molecule has 0 saturated carbocycles. The van der Waals surface area contributed by atoms with E-state index in [1.165, 1.54) is 0 Å². The smallest absolute Gasteiger partial charge is 0.171 e. The summed E-state index contributed by atoms with van der Waals surface area (Å²) >= 11 is 1.67. The summed E-state index contributed by atoms with van der Waals surface area (Å²) < 4.78 is 0. The molecule has 0 spiro atoms. The van der Waals surface area contributed by atoms with Crippen LogP contribution in [-0.2, 0) is 0 Å². The highest BCUT2D eigenvalue weighted by atomic mass is 32.1. The van der Waals surface area contributed by atoms with Crippen LogP contribution in [0.4, 0.5) is 5.82 Å². The van der Waals surface area contributed by atoms with Crippen LogP contribution in [0.5, 0.6) is 0 Å². The zero-order valence-corrected chi connectivity index (χ0v) is 14.9. The predicted octanol–water partition coefficient (Wildman–Crippen LogP) is 4.04. The molecule has 1 N–H and O–H groups in total. The molecular formula is C17H26N4S. The van der Waals surface area contributed by atoms with Crippen molar-refractivity contribution in [3.05, 3.63) is 29.3 Å². The Bertz CT molecular complexity index is 570. The number of nitrogens with zero attached hydrogens (tertiary/aromatic N) is 3.